The average Bonchev–Trinajstić information content (AvgIpc) is 3.23. The number of nitrogens with zero attached hydrogens (tertiary/aromatic N) is 4. The Morgan fingerprint density at radius 2 is 2.36 bits per heavy atom. The lowest BCUT2D eigenvalue weighted by Gasteiger charge is -2.23. The molecule has 25 heavy (non-hydrogen) atoms. The molecule has 7 nitrogen and oxygen atoms in total. The summed E-state index contributed by atoms with van der Waals surface area (Å²) in [5.41, 5.74) is 1.01. The molecule has 1 saturated heterocycles. The highest BCUT2D eigenvalue weighted by Gasteiger charge is 2.27. The standard InChI is InChI=1S/C18H25N5O2/c1-14-8-21-18(25-14)13-22(2)16-5-7-23(11-16)12-17(24)20-10-15-4-3-6-19-9-15/h3-4,6,8-9,16H,5,7,10-13H2,1-2H3,(H,20,24)/t16-/m0/s1. The van der Waals surface area contributed by atoms with E-state index in [0.717, 1.165) is 36.7 Å². The van der Waals surface area contributed by atoms with Crippen LogP contribution in [0.25, 0.3) is 0 Å². The van der Waals surface area contributed by atoms with Gasteiger partial charge in [-0.1, -0.05) is 6.07 Å². The van der Waals surface area contributed by atoms with E-state index in [-0.39, 0.29) is 5.91 Å². The first kappa shape index (κ1) is 17.6. The molecule has 2 aromatic heterocycles. The van der Waals surface area contributed by atoms with Crippen LogP contribution in [0, 0.1) is 6.92 Å². The minimum absolute atomic E-state index is 0.0514. The summed E-state index contributed by atoms with van der Waals surface area (Å²) in [4.78, 5) is 24.9. The Morgan fingerprint density at radius 3 is 3.08 bits per heavy atom. The Balaban J connectivity index is 1.40. The van der Waals surface area contributed by atoms with E-state index in [0.29, 0.717) is 25.7 Å². The molecular formula is C18H25N5O2. The number of aryl methyl sites for hydroxylation is 1. The van der Waals surface area contributed by atoms with Gasteiger partial charge in [0.2, 0.25) is 11.8 Å². The van der Waals surface area contributed by atoms with Crippen molar-refractivity contribution in [3.05, 3.63) is 47.9 Å². The number of pyridine rings is 1. The number of hydrogen-bond acceptors (Lipinski definition) is 6. The number of oxazole rings is 1. The van der Waals surface area contributed by atoms with Crippen molar-refractivity contribution < 1.29 is 9.21 Å². The van der Waals surface area contributed by atoms with Gasteiger partial charge < -0.3 is 9.73 Å². The van der Waals surface area contributed by atoms with E-state index in [2.05, 4.69) is 32.1 Å². The van der Waals surface area contributed by atoms with Gasteiger partial charge in [0.05, 0.1) is 19.3 Å². The molecule has 3 heterocycles. The molecule has 3 rings (SSSR count). The third-order valence-corrected chi connectivity index (χ3v) is 4.50. The molecule has 0 saturated carbocycles. The fourth-order valence-corrected chi connectivity index (χ4v) is 3.09. The van der Waals surface area contributed by atoms with Gasteiger partial charge in [0.25, 0.3) is 0 Å². The van der Waals surface area contributed by atoms with Gasteiger partial charge in [0.15, 0.2) is 0 Å². The molecule has 0 aromatic carbocycles. The van der Waals surface area contributed by atoms with Crippen molar-refractivity contribution in [1.29, 1.82) is 0 Å². The highest BCUT2D eigenvalue weighted by atomic mass is 16.4. The lowest BCUT2D eigenvalue weighted by molar-refractivity contribution is -0.122. The average molecular weight is 343 g/mol. The number of carbonyl (C=O) groups is 1. The van der Waals surface area contributed by atoms with Crippen molar-refractivity contribution in [2.45, 2.75) is 32.5 Å². The van der Waals surface area contributed by atoms with Gasteiger partial charge >= 0.3 is 0 Å². The van der Waals surface area contributed by atoms with E-state index in [1.54, 1.807) is 18.6 Å². The van der Waals surface area contributed by atoms with Crippen LogP contribution in [0.1, 0.15) is 23.6 Å². The second-order valence-electron chi connectivity index (χ2n) is 6.60. The number of aromatic nitrogens is 2. The van der Waals surface area contributed by atoms with Gasteiger partial charge in [0.1, 0.15) is 5.76 Å². The lowest BCUT2D eigenvalue weighted by Crippen LogP contribution is -2.38. The minimum Gasteiger partial charge on any atom is -0.445 e. The smallest absolute Gasteiger partial charge is 0.234 e. The second kappa shape index (κ2) is 8.22. The first-order chi connectivity index (χ1) is 12.1. The topological polar surface area (TPSA) is 74.5 Å². The molecule has 0 bridgehead atoms. The summed E-state index contributed by atoms with van der Waals surface area (Å²) >= 11 is 0. The zero-order valence-electron chi connectivity index (χ0n) is 14.8. The Bertz CT molecular complexity index is 688. The first-order valence-corrected chi connectivity index (χ1v) is 8.59. The highest BCUT2D eigenvalue weighted by molar-refractivity contribution is 5.78. The number of nitrogens with one attached hydrogen (secondary N) is 1. The molecule has 1 atom stereocenters. The summed E-state index contributed by atoms with van der Waals surface area (Å²) in [5.74, 6) is 1.63. The number of amides is 1. The van der Waals surface area contributed by atoms with Crippen LogP contribution in [0.5, 0.6) is 0 Å². The lowest BCUT2D eigenvalue weighted by atomic mass is 10.2. The summed E-state index contributed by atoms with van der Waals surface area (Å²) in [5, 5.41) is 2.95. The largest absolute Gasteiger partial charge is 0.445 e. The first-order valence-electron chi connectivity index (χ1n) is 8.59. The van der Waals surface area contributed by atoms with E-state index in [1.165, 1.54) is 0 Å². The van der Waals surface area contributed by atoms with Crippen LogP contribution in [-0.2, 0) is 17.9 Å². The molecule has 1 amide bonds. The van der Waals surface area contributed by atoms with Crippen LogP contribution in [0.2, 0.25) is 0 Å². The summed E-state index contributed by atoms with van der Waals surface area (Å²) in [7, 11) is 2.08. The van der Waals surface area contributed by atoms with Crippen LogP contribution >= 0.6 is 0 Å². The fourth-order valence-electron chi connectivity index (χ4n) is 3.09. The van der Waals surface area contributed by atoms with Crippen LogP contribution in [0.15, 0.2) is 35.1 Å². The van der Waals surface area contributed by atoms with Crippen molar-refractivity contribution in [2.24, 2.45) is 0 Å². The van der Waals surface area contributed by atoms with Crippen molar-refractivity contribution in [3.8, 4) is 0 Å². The summed E-state index contributed by atoms with van der Waals surface area (Å²) in [6.07, 6.45) is 6.29. The molecule has 0 spiro atoms. The Kier molecular flexibility index (Phi) is 5.78. The van der Waals surface area contributed by atoms with E-state index in [4.69, 9.17) is 4.42 Å². The van der Waals surface area contributed by atoms with Gasteiger partial charge in [-0.3, -0.25) is 19.6 Å². The summed E-state index contributed by atoms with van der Waals surface area (Å²) in [6.45, 7) is 5.37. The van der Waals surface area contributed by atoms with Crippen molar-refractivity contribution in [3.63, 3.8) is 0 Å². The highest BCUT2D eigenvalue weighted by Crippen LogP contribution is 2.16. The van der Waals surface area contributed by atoms with E-state index >= 15 is 0 Å². The minimum atomic E-state index is 0.0514. The third-order valence-electron chi connectivity index (χ3n) is 4.50. The maximum Gasteiger partial charge on any atom is 0.234 e. The van der Waals surface area contributed by atoms with Crippen molar-refractivity contribution in [2.75, 3.05) is 26.7 Å². The van der Waals surface area contributed by atoms with Crippen LogP contribution in [0.4, 0.5) is 0 Å². The van der Waals surface area contributed by atoms with Gasteiger partial charge in [-0.2, -0.15) is 0 Å². The van der Waals surface area contributed by atoms with Gasteiger partial charge in [-0.15, -0.1) is 0 Å². The van der Waals surface area contributed by atoms with Crippen molar-refractivity contribution in [1.82, 2.24) is 25.1 Å². The van der Waals surface area contributed by atoms with Crippen molar-refractivity contribution >= 4 is 5.91 Å². The number of carbonyl (C=O) groups excluding carboxylic acids is 1. The Labute approximate surface area is 148 Å². The molecule has 0 radical (unpaired) electrons. The number of rotatable bonds is 7. The zero-order valence-corrected chi connectivity index (χ0v) is 14.8. The summed E-state index contributed by atoms with van der Waals surface area (Å²) < 4.78 is 5.54. The van der Waals surface area contributed by atoms with Crippen LogP contribution in [-0.4, -0.2) is 58.4 Å². The van der Waals surface area contributed by atoms with E-state index in [1.807, 2.05) is 19.1 Å². The molecule has 1 N–H and O–H groups in total. The molecular weight excluding hydrogens is 318 g/mol. The number of likely N-dealkylation sites (N-methyl/N-ethyl adjacent to an activating group) is 1. The number of hydrogen-bond donors (Lipinski definition) is 1. The van der Waals surface area contributed by atoms with Crippen LogP contribution in [0.3, 0.4) is 0 Å². The Morgan fingerprint density at radius 1 is 1.48 bits per heavy atom. The molecule has 1 aliphatic rings. The zero-order chi connectivity index (χ0) is 17.6. The molecule has 0 unspecified atom stereocenters. The van der Waals surface area contributed by atoms with Gasteiger partial charge in [-0.05, 0) is 32.0 Å². The molecule has 0 aliphatic carbocycles. The molecule has 7 heteroatoms. The predicted molar refractivity (Wildman–Crippen MR) is 93.6 cm³/mol. The molecule has 1 fully saturated rings. The van der Waals surface area contributed by atoms with Gasteiger partial charge in [-0.25, -0.2) is 4.98 Å². The van der Waals surface area contributed by atoms with Crippen LogP contribution < -0.4 is 5.32 Å². The third kappa shape index (κ3) is 5.11. The maximum absolute atomic E-state index is 12.1. The fraction of sp³-hybridized carbons (Fsp3) is 0.500. The van der Waals surface area contributed by atoms with E-state index in [9.17, 15) is 4.79 Å². The molecule has 134 valence electrons. The van der Waals surface area contributed by atoms with Gasteiger partial charge in [0, 0.05) is 38.1 Å². The van der Waals surface area contributed by atoms with E-state index < -0.39 is 0 Å². The SMILES string of the molecule is Cc1cnc(CN(C)[C@H]2CCN(CC(=O)NCc3cccnc3)C2)o1. The maximum atomic E-state index is 12.1. The monoisotopic (exact) mass is 343 g/mol. The molecule has 1 aliphatic heterocycles. The molecule has 2 aromatic rings. The second-order valence-corrected chi connectivity index (χ2v) is 6.60. The Hall–Kier alpha value is -2.25. The quantitative estimate of drug-likeness (QED) is 0.814. The normalized spacial score (nSPS) is 18.0. The summed E-state index contributed by atoms with van der Waals surface area (Å²) in [6, 6.07) is 4.24. The predicted octanol–water partition coefficient (Wildman–Crippen LogP) is 1.20. The number of likely N-dealkylation sites (tertiary alicyclic amines) is 1.